The lowest BCUT2D eigenvalue weighted by Gasteiger charge is -2.32. The van der Waals surface area contributed by atoms with Crippen LogP contribution in [0.2, 0.25) is 0 Å². The highest BCUT2D eigenvalue weighted by atomic mass is 32.2. The average Bonchev–Trinajstić information content (AvgIpc) is 2.15. The van der Waals surface area contributed by atoms with Gasteiger partial charge in [-0.3, -0.25) is 4.90 Å². The molecule has 1 saturated heterocycles. The maximum atomic E-state index is 10.8. The van der Waals surface area contributed by atoms with Crippen molar-refractivity contribution in [2.24, 2.45) is 0 Å². The van der Waals surface area contributed by atoms with E-state index in [4.69, 9.17) is 9.66 Å². The van der Waals surface area contributed by atoms with E-state index in [9.17, 15) is 9.00 Å². The van der Waals surface area contributed by atoms with Gasteiger partial charge in [-0.25, -0.2) is 9.00 Å². The van der Waals surface area contributed by atoms with Crippen molar-refractivity contribution < 1.29 is 18.7 Å². The summed E-state index contributed by atoms with van der Waals surface area (Å²) in [4.78, 5) is 11.8. The molecule has 1 aliphatic rings. The number of nitrogens with zero attached hydrogens (tertiary/aromatic N) is 1. The van der Waals surface area contributed by atoms with Gasteiger partial charge in [0.1, 0.15) is 5.88 Å². The Bertz CT molecular complexity index is 276. The minimum absolute atomic E-state index is 0.0246. The van der Waals surface area contributed by atoms with Gasteiger partial charge in [-0.1, -0.05) is 0 Å². The summed E-state index contributed by atoms with van der Waals surface area (Å²) in [6.07, 6.45) is -1.18. The highest BCUT2D eigenvalue weighted by Gasteiger charge is 2.23. The summed E-state index contributed by atoms with van der Waals surface area (Å²) in [5.41, 5.74) is 0. The van der Waals surface area contributed by atoms with E-state index in [1.807, 2.05) is 6.92 Å². The van der Waals surface area contributed by atoms with Crippen molar-refractivity contribution in [3.8, 4) is 0 Å². The molecular weight excluding hydrogens is 234 g/mol. The molecule has 0 aliphatic carbocycles. The fourth-order valence-corrected chi connectivity index (χ4v) is 2.18. The first-order chi connectivity index (χ1) is 7.49. The Morgan fingerprint density at radius 2 is 2.25 bits per heavy atom. The lowest BCUT2D eigenvalue weighted by Crippen LogP contribution is -2.58. The van der Waals surface area contributed by atoms with Crippen LogP contribution in [0.4, 0.5) is 4.79 Å². The van der Waals surface area contributed by atoms with Crippen molar-refractivity contribution in [2.45, 2.75) is 19.0 Å². The minimum Gasteiger partial charge on any atom is -0.465 e. The quantitative estimate of drug-likeness (QED) is 0.483. The standard InChI is InChI=1S/C8H17N3O4S/c1-6-2-9-3-7(10-6)4-11(8(12)13)5-16(14)15/h6-7,9-10H,2-5H2,1H3,(H,12,13)(H,14,15). The number of nitrogens with one attached hydrogen (secondary N) is 2. The molecule has 0 saturated carbocycles. The van der Waals surface area contributed by atoms with Gasteiger partial charge < -0.3 is 20.3 Å². The van der Waals surface area contributed by atoms with Crippen LogP contribution >= 0.6 is 0 Å². The zero-order valence-electron chi connectivity index (χ0n) is 9.05. The average molecular weight is 251 g/mol. The van der Waals surface area contributed by atoms with Crippen LogP contribution in [0.5, 0.6) is 0 Å². The van der Waals surface area contributed by atoms with Crippen LogP contribution < -0.4 is 10.6 Å². The van der Waals surface area contributed by atoms with Gasteiger partial charge in [0, 0.05) is 31.7 Å². The van der Waals surface area contributed by atoms with Gasteiger partial charge in [-0.2, -0.15) is 0 Å². The van der Waals surface area contributed by atoms with E-state index in [0.29, 0.717) is 6.54 Å². The van der Waals surface area contributed by atoms with Gasteiger partial charge >= 0.3 is 6.09 Å². The second-order valence-corrected chi connectivity index (χ2v) is 4.78. The zero-order chi connectivity index (χ0) is 12.1. The van der Waals surface area contributed by atoms with E-state index in [0.717, 1.165) is 11.4 Å². The second kappa shape index (κ2) is 6.14. The first-order valence-corrected chi connectivity index (χ1v) is 6.28. The fourth-order valence-electron chi connectivity index (χ4n) is 1.70. The molecule has 0 aromatic rings. The maximum Gasteiger partial charge on any atom is 0.408 e. The lowest BCUT2D eigenvalue weighted by molar-refractivity contribution is 0.144. The highest BCUT2D eigenvalue weighted by molar-refractivity contribution is 7.79. The van der Waals surface area contributed by atoms with Gasteiger partial charge in [0.25, 0.3) is 0 Å². The molecule has 0 aromatic heterocycles. The monoisotopic (exact) mass is 251 g/mol. The molecule has 3 atom stereocenters. The van der Waals surface area contributed by atoms with E-state index in [-0.39, 0.29) is 24.5 Å². The van der Waals surface area contributed by atoms with Crippen LogP contribution in [0.1, 0.15) is 6.92 Å². The van der Waals surface area contributed by atoms with Crippen molar-refractivity contribution in [1.29, 1.82) is 0 Å². The molecule has 1 aliphatic heterocycles. The summed E-state index contributed by atoms with van der Waals surface area (Å²) in [6, 6.07) is 0.248. The third kappa shape index (κ3) is 4.44. The van der Waals surface area contributed by atoms with Crippen LogP contribution in [0.3, 0.4) is 0 Å². The molecule has 0 radical (unpaired) electrons. The number of carboxylic acid groups (broad SMARTS) is 1. The predicted molar refractivity (Wildman–Crippen MR) is 59.6 cm³/mol. The van der Waals surface area contributed by atoms with Crippen molar-refractivity contribution in [1.82, 2.24) is 15.5 Å². The Kier molecular flexibility index (Phi) is 5.13. The Morgan fingerprint density at radius 1 is 1.56 bits per heavy atom. The fraction of sp³-hybridized carbons (Fsp3) is 0.875. The van der Waals surface area contributed by atoms with Crippen LogP contribution in [0, 0.1) is 0 Å². The Labute approximate surface area is 96.5 Å². The number of hydrogen-bond donors (Lipinski definition) is 4. The second-order valence-electron chi connectivity index (χ2n) is 3.88. The van der Waals surface area contributed by atoms with Crippen LogP contribution in [0.15, 0.2) is 0 Å². The Balaban J connectivity index is 2.47. The van der Waals surface area contributed by atoms with Crippen molar-refractivity contribution in [3.05, 3.63) is 0 Å². The zero-order valence-corrected chi connectivity index (χ0v) is 9.87. The normalized spacial score (nSPS) is 27.4. The summed E-state index contributed by atoms with van der Waals surface area (Å²) in [5, 5.41) is 15.2. The Hall–Kier alpha value is -0.700. The summed E-state index contributed by atoms with van der Waals surface area (Å²) in [7, 11) is 0. The molecule has 1 fully saturated rings. The molecule has 1 amide bonds. The molecular formula is C8H17N3O4S. The van der Waals surface area contributed by atoms with E-state index >= 15 is 0 Å². The van der Waals surface area contributed by atoms with E-state index in [1.54, 1.807) is 0 Å². The van der Waals surface area contributed by atoms with E-state index in [2.05, 4.69) is 10.6 Å². The lowest BCUT2D eigenvalue weighted by atomic mass is 10.1. The van der Waals surface area contributed by atoms with E-state index in [1.165, 1.54) is 0 Å². The predicted octanol–water partition coefficient (Wildman–Crippen LogP) is -0.904. The number of piperazine rings is 1. The molecule has 94 valence electrons. The largest absolute Gasteiger partial charge is 0.465 e. The molecule has 0 aromatic carbocycles. The van der Waals surface area contributed by atoms with E-state index < -0.39 is 17.2 Å². The molecule has 0 spiro atoms. The van der Waals surface area contributed by atoms with Crippen molar-refractivity contribution in [3.63, 3.8) is 0 Å². The molecule has 8 heteroatoms. The third-order valence-corrected chi connectivity index (χ3v) is 2.87. The summed E-state index contributed by atoms with van der Waals surface area (Å²) in [6.45, 7) is 3.70. The van der Waals surface area contributed by atoms with Gasteiger partial charge in [-0.15, -0.1) is 0 Å². The highest BCUT2D eigenvalue weighted by Crippen LogP contribution is 1.99. The first-order valence-electron chi connectivity index (χ1n) is 5.01. The van der Waals surface area contributed by atoms with Crippen molar-refractivity contribution >= 4 is 17.2 Å². The Morgan fingerprint density at radius 3 is 2.75 bits per heavy atom. The first kappa shape index (κ1) is 13.4. The SMILES string of the molecule is CC1CNCC(CN(CS(=O)O)C(=O)O)N1. The third-order valence-electron chi connectivity index (χ3n) is 2.34. The summed E-state index contributed by atoms with van der Waals surface area (Å²) >= 11 is -2.13. The number of carbonyl (C=O) groups is 1. The minimum atomic E-state index is -2.13. The summed E-state index contributed by atoms with van der Waals surface area (Å²) in [5.74, 6) is -0.373. The molecule has 7 nitrogen and oxygen atoms in total. The number of hydrogen-bond acceptors (Lipinski definition) is 4. The van der Waals surface area contributed by atoms with Crippen LogP contribution in [0.25, 0.3) is 0 Å². The molecule has 1 rings (SSSR count). The molecule has 1 heterocycles. The summed E-state index contributed by atoms with van der Waals surface area (Å²) < 4.78 is 19.3. The topological polar surface area (TPSA) is 102 Å². The number of rotatable bonds is 4. The van der Waals surface area contributed by atoms with Crippen LogP contribution in [-0.4, -0.2) is 62.5 Å². The van der Waals surface area contributed by atoms with Gasteiger partial charge in [-0.05, 0) is 6.92 Å². The smallest absolute Gasteiger partial charge is 0.408 e. The van der Waals surface area contributed by atoms with Crippen molar-refractivity contribution in [2.75, 3.05) is 25.5 Å². The maximum absolute atomic E-state index is 10.8. The van der Waals surface area contributed by atoms with Gasteiger partial charge in [0.15, 0.2) is 11.1 Å². The van der Waals surface area contributed by atoms with Gasteiger partial charge in [0.2, 0.25) is 0 Å². The molecule has 0 bridgehead atoms. The molecule has 3 unspecified atom stereocenters. The molecule has 4 N–H and O–H groups in total. The van der Waals surface area contributed by atoms with Gasteiger partial charge in [0.05, 0.1) is 0 Å². The molecule has 16 heavy (non-hydrogen) atoms. The number of amides is 1. The van der Waals surface area contributed by atoms with Crippen LogP contribution in [-0.2, 0) is 11.1 Å².